The van der Waals surface area contributed by atoms with Gasteiger partial charge in [0.15, 0.2) is 0 Å². The first-order chi connectivity index (χ1) is 8.97. The van der Waals surface area contributed by atoms with Crippen molar-refractivity contribution in [3.05, 3.63) is 58.1 Å². The summed E-state index contributed by atoms with van der Waals surface area (Å²) in [5.74, 6) is 0. The van der Waals surface area contributed by atoms with Crippen LogP contribution < -0.4 is 5.32 Å². The molecule has 1 heterocycles. The van der Waals surface area contributed by atoms with Crippen molar-refractivity contribution in [3.8, 4) is 0 Å². The number of benzene rings is 1. The van der Waals surface area contributed by atoms with Gasteiger partial charge in [-0.1, -0.05) is 52.4 Å². The van der Waals surface area contributed by atoms with Crippen LogP contribution in [0.4, 0.5) is 0 Å². The second-order valence-electron chi connectivity index (χ2n) is 5.89. The fourth-order valence-corrected chi connectivity index (χ4v) is 3.59. The van der Waals surface area contributed by atoms with Gasteiger partial charge in [-0.25, -0.2) is 0 Å². The molecule has 1 aromatic rings. The molecule has 1 aromatic carbocycles. The Bertz CT molecular complexity index is 504. The highest BCUT2D eigenvalue weighted by molar-refractivity contribution is 9.10. The van der Waals surface area contributed by atoms with E-state index in [1.54, 1.807) is 0 Å². The lowest BCUT2D eigenvalue weighted by Gasteiger charge is -2.31. The summed E-state index contributed by atoms with van der Waals surface area (Å²) in [6, 6.07) is 7.67. The maximum atomic E-state index is 4.08. The standard InChI is InChI=1S/C17H22BrN/c1-11(2)8-13-10-15-14(6-5-7-16(15)18)17(19-13)9-12(3)4/h5-7,13,17,19H,1,3,8-10H2,2,4H3/p+1/t13-,17-/m0/s1. The van der Waals surface area contributed by atoms with Crippen LogP contribution in [-0.2, 0) is 6.42 Å². The number of rotatable bonds is 4. The van der Waals surface area contributed by atoms with Crippen LogP contribution in [0.3, 0.4) is 0 Å². The number of nitrogens with two attached hydrogens (primary N) is 1. The third kappa shape index (κ3) is 3.58. The zero-order valence-corrected chi connectivity index (χ0v) is 13.5. The first kappa shape index (κ1) is 14.5. The van der Waals surface area contributed by atoms with Crippen LogP contribution in [0.1, 0.15) is 43.9 Å². The predicted molar refractivity (Wildman–Crippen MR) is 85.2 cm³/mol. The SMILES string of the molecule is C=C(C)C[C@H]1Cc2c(Br)cccc2[C@H](CC(=C)C)[NH2+]1. The molecule has 1 aliphatic heterocycles. The maximum absolute atomic E-state index is 4.08. The van der Waals surface area contributed by atoms with Gasteiger partial charge in [0.25, 0.3) is 0 Å². The van der Waals surface area contributed by atoms with Gasteiger partial charge in [0.1, 0.15) is 6.04 Å². The fraction of sp³-hybridized carbons (Fsp3) is 0.412. The summed E-state index contributed by atoms with van der Waals surface area (Å²) >= 11 is 3.71. The summed E-state index contributed by atoms with van der Waals surface area (Å²) in [5.41, 5.74) is 5.46. The van der Waals surface area contributed by atoms with E-state index in [4.69, 9.17) is 0 Å². The van der Waals surface area contributed by atoms with Crippen molar-refractivity contribution < 1.29 is 5.32 Å². The zero-order chi connectivity index (χ0) is 14.0. The van der Waals surface area contributed by atoms with Crippen molar-refractivity contribution in [2.45, 2.75) is 45.2 Å². The van der Waals surface area contributed by atoms with Crippen molar-refractivity contribution in [1.82, 2.24) is 0 Å². The van der Waals surface area contributed by atoms with Crippen LogP contribution >= 0.6 is 15.9 Å². The van der Waals surface area contributed by atoms with E-state index in [9.17, 15) is 0 Å². The molecule has 0 bridgehead atoms. The Morgan fingerprint density at radius 3 is 2.58 bits per heavy atom. The summed E-state index contributed by atoms with van der Waals surface area (Å²) in [6.07, 6.45) is 3.26. The van der Waals surface area contributed by atoms with Gasteiger partial charge in [0, 0.05) is 29.3 Å². The minimum Gasteiger partial charge on any atom is -0.337 e. The number of hydrogen-bond acceptors (Lipinski definition) is 0. The van der Waals surface area contributed by atoms with Crippen molar-refractivity contribution >= 4 is 15.9 Å². The minimum atomic E-state index is 0.503. The zero-order valence-electron chi connectivity index (χ0n) is 11.9. The molecule has 0 fully saturated rings. The van der Waals surface area contributed by atoms with Crippen LogP contribution in [-0.4, -0.2) is 6.04 Å². The molecule has 0 amide bonds. The Balaban J connectivity index is 2.31. The highest BCUT2D eigenvalue weighted by atomic mass is 79.9. The van der Waals surface area contributed by atoms with E-state index in [0.717, 1.165) is 19.3 Å². The maximum Gasteiger partial charge on any atom is 0.116 e. The molecule has 0 saturated heterocycles. The molecule has 0 unspecified atom stereocenters. The van der Waals surface area contributed by atoms with E-state index in [-0.39, 0.29) is 0 Å². The Morgan fingerprint density at radius 1 is 1.26 bits per heavy atom. The normalized spacial score (nSPS) is 21.8. The van der Waals surface area contributed by atoms with Crippen molar-refractivity contribution in [2.75, 3.05) is 0 Å². The van der Waals surface area contributed by atoms with Gasteiger partial charge >= 0.3 is 0 Å². The van der Waals surface area contributed by atoms with Crippen molar-refractivity contribution in [3.63, 3.8) is 0 Å². The van der Waals surface area contributed by atoms with Gasteiger partial charge in [-0.3, -0.25) is 0 Å². The smallest absolute Gasteiger partial charge is 0.116 e. The Morgan fingerprint density at radius 2 is 1.95 bits per heavy atom. The molecule has 2 N–H and O–H groups in total. The quantitative estimate of drug-likeness (QED) is 0.810. The van der Waals surface area contributed by atoms with Gasteiger partial charge in [-0.05, 0) is 25.5 Å². The third-order valence-electron chi connectivity index (χ3n) is 3.70. The average Bonchev–Trinajstić information content (AvgIpc) is 2.29. The number of halogens is 1. The average molecular weight is 321 g/mol. The van der Waals surface area contributed by atoms with Crippen LogP contribution in [0.2, 0.25) is 0 Å². The predicted octanol–water partition coefficient (Wildman–Crippen LogP) is 3.91. The molecule has 0 radical (unpaired) electrons. The first-order valence-corrected chi connectivity index (χ1v) is 7.67. The van der Waals surface area contributed by atoms with Crippen LogP contribution in [0, 0.1) is 0 Å². The van der Waals surface area contributed by atoms with Crippen LogP contribution in [0.15, 0.2) is 47.0 Å². The Kier molecular flexibility index (Phi) is 4.64. The molecule has 2 atom stereocenters. The molecular weight excluding hydrogens is 298 g/mol. The molecule has 2 heteroatoms. The summed E-state index contributed by atoms with van der Waals surface area (Å²) in [7, 11) is 0. The van der Waals surface area contributed by atoms with Crippen molar-refractivity contribution in [2.24, 2.45) is 0 Å². The number of quaternary nitrogens is 1. The number of fused-ring (bicyclic) bond motifs is 1. The lowest BCUT2D eigenvalue weighted by atomic mass is 9.86. The summed E-state index contributed by atoms with van der Waals surface area (Å²) in [5, 5.41) is 2.51. The van der Waals surface area contributed by atoms with E-state index >= 15 is 0 Å². The van der Waals surface area contributed by atoms with Gasteiger partial charge < -0.3 is 5.32 Å². The second-order valence-corrected chi connectivity index (χ2v) is 6.75. The molecule has 0 spiro atoms. The van der Waals surface area contributed by atoms with Gasteiger partial charge in [-0.2, -0.15) is 0 Å². The van der Waals surface area contributed by atoms with E-state index < -0.39 is 0 Å². The molecule has 1 nitrogen and oxygen atoms in total. The van der Waals surface area contributed by atoms with E-state index in [2.05, 4.69) is 66.5 Å². The molecular formula is C17H23BrN+. The second kappa shape index (κ2) is 6.06. The van der Waals surface area contributed by atoms with Crippen molar-refractivity contribution in [1.29, 1.82) is 0 Å². The van der Waals surface area contributed by atoms with Crippen LogP contribution in [0.25, 0.3) is 0 Å². The molecule has 2 rings (SSSR count). The van der Waals surface area contributed by atoms with Gasteiger partial charge in [-0.15, -0.1) is 0 Å². The third-order valence-corrected chi connectivity index (χ3v) is 4.45. The number of hydrogen-bond donors (Lipinski definition) is 1. The largest absolute Gasteiger partial charge is 0.337 e. The lowest BCUT2D eigenvalue weighted by molar-refractivity contribution is -0.730. The van der Waals surface area contributed by atoms with E-state index in [1.165, 1.54) is 26.7 Å². The molecule has 19 heavy (non-hydrogen) atoms. The Labute approximate surface area is 124 Å². The van der Waals surface area contributed by atoms with Gasteiger partial charge in [0.05, 0.1) is 6.04 Å². The minimum absolute atomic E-state index is 0.503. The topological polar surface area (TPSA) is 16.6 Å². The molecule has 0 aliphatic carbocycles. The first-order valence-electron chi connectivity index (χ1n) is 6.88. The highest BCUT2D eigenvalue weighted by Gasteiger charge is 2.30. The molecule has 0 aromatic heterocycles. The fourth-order valence-electron chi connectivity index (χ4n) is 3.04. The monoisotopic (exact) mass is 320 g/mol. The molecule has 0 saturated carbocycles. The summed E-state index contributed by atoms with van der Waals surface area (Å²) in [4.78, 5) is 0. The lowest BCUT2D eigenvalue weighted by Crippen LogP contribution is -2.92. The molecule has 102 valence electrons. The van der Waals surface area contributed by atoms with Crippen LogP contribution in [0.5, 0.6) is 0 Å². The summed E-state index contributed by atoms with van der Waals surface area (Å²) in [6.45, 7) is 12.4. The van der Waals surface area contributed by atoms with Gasteiger partial charge in [0.2, 0.25) is 0 Å². The van der Waals surface area contributed by atoms with E-state index in [0.29, 0.717) is 12.1 Å². The Hall–Kier alpha value is -0.860. The molecule has 1 aliphatic rings. The van der Waals surface area contributed by atoms with E-state index in [1.807, 2.05) is 0 Å². The summed E-state index contributed by atoms with van der Waals surface area (Å²) < 4.78 is 1.25. The highest BCUT2D eigenvalue weighted by Crippen LogP contribution is 2.31.